The van der Waals surface area contributed by atoms with E-state index < -0.39 is 29.7 Å². The first-order valence-electron chi connectivity index (χ1n) is 9.96. The summed E-state index contributed by atoms with van der Waals surface area (Å²) in [5, 5.41) is 0.680. The number of amides is 2. The summed E-state index contributed by atoms with van der Waals surface area (Å²) in [7, 11) is 1.32. The second-order valence-electron chi connectivity index (χ2n) is 8.40. The quantitative estimate of drug-likeness (QED) is 0.278. The predicted molar refractivity (Wildman–Crippen MR) is 135 cm³/mol. The SMILES string of the molecule is CN(NC(=O)c1ccc(C=CC(c2cc(Cl)c(Cl)c(Cl)c2)C(F)(F)F)cc1Br)C(=O)OC(C)(C)C. The number of halogens is 7. The molecule has 0 saturated carbocycles. The smallest absolute Gasteiger partial charge is 0.428 e. The van der Waals surface area contributed by atoms with Gasteiger partial charge in [0.15, 0.2) is 0 Å². The molecule has 190 valence electrons. The Kier molecular flexibility index (Phi) is 9.55. The van der Waals surface area contributed by atoms with E-state index in [-0.39, 0.29) is 26.2 Å². The second-order valence-corrected chi connectivity index (χ2v) is 10.4. The van der Waals surface area contributed by atoms with Gasteiger partial charge in [0.2, 0.25) is 0 Å². The Morgan fingerprint density at radius 1 is 1.09 bits per heavy atom. The number of hydrogen-bond donors (Lipinski definition) is 1. The van der Waals surface area contributed by atoms with Crippen molar-refractivity contribution in [3.8, 4) is 0 Å². The molecule has 0 radical (unpaired) electrons. The molecule has 2 aromatic carbocycles. The zero-order valence-corrected chi connectivity index (χ0v) is 22.8. The summed E-state index contributed by atoms with van der Waals surface area (Å²) in [5.74, 6) is -2.63. The van der Waals surface area contributed by atoms with Gasteiger partial charge in [-0.25, -0.2) is 9.80 Å². The van der Waals surface area contributed by atoms with Gasteiger partial charge >= 0.3 is 12.3 Å². The van der Waals surface area contributed by atoms with E-state index in [1.807, 2.05) is 0 Å². The average Bonchev–Trinajstić information content (AvgIpc) is 2.69. The highest BCUT2D eigenvalue weighted by atomic mass is 79.9. The first kappa shape index (κ1) is 29.3. The largest absolute Gasteiger partial charge is 0.442 e. The van der Waals surface area contributed by atoms with Gasteiger partial charge in [0, 0.05) is 11.5 Å². The molecule has 5 nitrogen and oxygen atoms in total. The number of nitrogens with zero attached hydrogens (tertiary/aromatic N) is 1. The fraction of sp³-hybridized carbons (Fsp3) is 0.304. The van der Waals surface area contributed by atoms with Crippen LogP contribution < -0.4 is 5.43 Å². The molecule has 2 amide bonds. The van der Waals surface area contributed by atoms with Gasteiger partial charge in [-0.15, -0.1) is 0 Å². The Balaban J connectivity index is 2.24. The lowest BCUT2D eigenvalue weighted by atomic mass is 9.97. The molecule has 0 saturated heterocycles. The van der Waals surface area contributed by atoms with Crippen LogP contribution in [0.15, 0.2) is 40.9 Å². The first-order valence-corrected chi connectivity index (χ1v) is 11.9. The van der Waals surface area contributed by atoms with Crippen molar-refractivity contribution in [3.05, 3.63) is 72.6 Å². The summed E-state index contributed by atoms with van der Waals surface area (Å²) in [6.07, 6.45) is -3.18. The minimum absolute atomic E-state index is 0.0305. The van der Waals surface area contributed by atoms with Crippen LogP contribution in [-0.2, 0) is 4.74 Å². The van der Waals surface area contributed by atoms with Crippen molar-refractivity contribution < 1.29 is 27.5 Å². The maximum Gasteiger partial charge on any atom is 0.428 e. The van der Waals surface area contributed by atoms with Crippen molar-refractivity contribution in [2.75, 3.05) is 7.05 Å². The van der Waals surface area contributed by atoms with Gasteiger partial charge in [-0.05, 0) is 72.1 Å². The molecule has 12 heteroatoms. The van der Waals surface area contributed by atoms with Crippen LogP contribution in [0, 0.1) is 0 Å². The molecule has 0 fully saturated rings. The molecule has 2 rings (SSSR count). The summed E-state index contributed by atoms with van der Waals surface area (Å²) in [6.45, 7) is 5.05. The number of nitrogens with one attached hydrogen (secondary N) is 1. The van der Waals surface area contributed by atoms with Gasteiger partial charge in [0.1, 0.15) is 5.60 Å². The molecule has 0 aliphatic heterocycles. The van der Waals surface area contributed by atoms with E-state index >= 15 is 0 Å². The maximum absolute atomic E-state index is 13.7. The zero-order chi connectivity index (χ0) is 26.7. The third-order valence-electron chi connectivity index (χ3n) is 4.37. The summed E-state index contributed by atoms with van der Waals surface area (Å²) in [6, 6.07) is 6.55. The number of ether oxygens (including phenoxy) is 1. The van der Waals surface area contributed by atoms with Gasteiger partial charge in [0.25, 0.3) is 5.91 Å². The fourth-order valence-electron chi connectivity index (χ4n) is 2.78. The van der Waals surface area contributed by atoms with Crippen molar-refractivity contribution in [1.82, 2.24) is 10.4 Å². The van der Waals surface area contributed by atoms with Gasteiger partial charge in [0.05, 0.1) is 26.5 Å². The van der Waals surface area contributed by atoms with Crippen LogP contribution in [0.3, 0.4) is 0 Å². The summed E-state index contributed by atoms with van der Waals surface area (Å²) in [4.78, 5) is 24.6. The van der Waals surface area contributed by atoms with E-state index in [0.717, 1.165) is 23.2 Å². The highest BCUT2D eigenvalue weighted by Gasteiger charge is 2.39. The lowest BCUT2D eigenvalue weighted by Crippen LogP contribution is -2.45. The Bertz CT molecular complexity index is 1130. The minimum Gasteiger partial charge on any atom is -0.442 e. The third-order valence-corrected chi connectivity index (χ3v) is 6.23. The van der Waals surface area contributed by atoms with Gasteiger partial charge in [-0.2, -0.15) is 13.2 Å². The van der Waals surface area contributed by atoms with Crippen molar-refractivity contribution in [2.24, 2.45) is 0 Å². The Morgan fingerprint density at radius 3 is 2.14 bits per heavy atom. The topological polar surface area (TPSA) is 58.6 Å². The van der Waals surface area contributed by atoms with Crippen LogP contribution in [0.5, 0.6) is 0 Å². The Hall–Kier alpha value is -1.94. The molecule has 35 heavy (non-hydrogen) atoms. The first-order chi connectivity index (χ1) is 16.0. The van der Waals surface area contributed by atoms with Gasteiger partial charge in [-0.1, -0.05) is 53.0 Å². The molecule has 0 aromatic heterocycles. The summed E-state index contributed by atoms with van der Waals surface area (Å²) >= 11 is 20.9. The Morgan fingerprint density at radius 2 is 1.66 bits per heavy atom. The van der Waals surface area contributed by atoms with E-state index in [1.54, 1.807) is 20.8 Å². The highest BCUT2D eigenvalue weighted by Crippen LogP contribution is 2.41. The molecule has 0 spiro atoms. The van der Waals surface area contributed by atoms with Crippen LogP contribution in [0.2, 0.25) is 15.1 Å². The summed E-state index contributed by atoms with van der Waals surface area (Å²) in [5.41, 5.74) is 1.99. The number of alkyl halides is 3. The van der Waals surface area contributed by atoms with Gasteiger partial charge < -0.3 is 4.74 Å². The van der Waals surface area contributed by atoms with Crippen molar-refractivity contribution >= 4 is 68.8 Å². The predicted octanol–water partition coefficient (Wildman–Crippen LogP) is 8.28. The number of rotatable bonds is 4. The van der Waals surface area contributed by atoms with Crippen molar-refractivity contribution in [3.63, 3.8) is 0 Å². The molecule has 0 aliphatic carbocycles. The second kappa shape index (κ2) is 11.4. The molecule has 0 bridgehead atoms. The van der Waals surface area contributed by atoms with E-state index in [9.17, 15) is 22.8 Å². The van der Waals surface area contributed by atoms with Gasteiger partial charge in [-0.3, -0.25) is 10.2 Å². The summed E-state index contributed by atoms with van der Waals surface area (Å²) < 4.78 is 46.7. The number of carbonyl (C=O) groups excluding carboxylic acids is 2. The number of hydrogen-bond acceptors (Lipinski definition) is 3. The normalized spacial score (nSPS) is 13.0. The number of benzene rings is 2. The monoisotopic (exact) mass is 614 g/mol. The number of hydrazine groups is 1. The fourth-order valence-corrected chi connectivity index (χ4v) is 3.97. The molecule has 1 unspecified atom stereocenters. The Labute approximate surface area is 224 Å². The lowest BCUT2D eigenvalue weighted by molar-refractivity contribution is -0.139. The molecule has 2 aromatic rings. The number of carbonyl (C=O) groups is 2. The van der Waals surface area contributed by atoms with Crippen molar-refractivity contribution in [2.45, 2.75) is 38.5 Å². The lowest BCUT2D eigenvalue weighted by Gasteiger charge is -2.25. The van der Waals surface area contributed by atoms with E-state index in [4.69, 9.17) is 39.5 Å². The van der Waals surface area contributed by atoms with Crippen molar-refractivity contribution in [1.29, 1.82) is 0 Å². The molecular formula is C23H21BrCl3F3N2O3. The van der Waals surface area contributed by atoms with Crippen LogP contribution in [0.1, 0.15) is 48.2 Å². The highest BCUT2D eigenvalue weighted by molar-refractivity contribution is 9.10. The van der Waals surface area contributed by atoms with Crippen LogP contribution in [0.25, 0.3) is 6.08 Å². The van der Waals surface area contributed by atoms with E-state index in [2.05, 4.69) is 21.4 Å². The number of allylic oxidation sites excluding steroid dienone is 1. The maximum atomic E-state index is 13.7. The van der Waals surface area contributed by atoms with Crippen LogP contribution in [-0.4, -0.2) is 35.8 Å². The van der Waals surface area contributed by atoms with Crippen LogP contribution >= 0.6 is 50.7 Å². The van der Waals surface area contributed by atoms with E-state index in [1.165, 1.54) is 31.3 Å². The standard InChI is InChI=1S/C23H21BrCl3F3N2O3/c1-22(2,3)35-21(34)32(4)31-20(33)14-7-5-12(9-16(14)24)6-8-15(23(28,29)30)13-10-17(25)19(27)18(26)11-13/h5-11,15H,1-4H3,(H,31,33). The molecule has 1 atom stereocenters. The average molecular weight is 617 g/mol. The molecule has 1 N–H and O–H groups in total. The molecular weight excluding hydrogens is 596 g/mol. The molecule has 0 aliphatic rings. The minimum atomic E-state index is -4.62. The zero-order valence-electron chi connectivity index (χ0n) is 18.9. The van der Waals surface area contributed by atoms with Crippen LogP contribution in [0.4, 0.5) is 18.0 Å². The van der Waals surface area contributed by atoms with E-state index in [0.29, 0.717) is 10.0 Å². The molecule has 0 heterocycles. The third kappa shape index (κ3) is 8.31.